The van der Waals surface area contributed by atoms with Gasteiger partial charge in [0.1, 0.15) is 0 Å². The summed E-state index contributed by atoms with van der Waals surface area (Å²) in [6, 6.07) is 5.53. The maximum atomic E-state index is 5.87. The molecule has 2 N–H and O–H groups in total. The molecule has 0 spiro atoms. The standard InChI is InChI=1S/C9H7BrClN3/c10-7-2-1-6(11)5-8(7)14-9-12-3-4-13-9/h1-5H,(H2,12,13,14). The fourth-order valence-electron chi connectivity index (χ4n) is 1.05. The molecule has 1 heterocycles. The number of anilines is 2. The summed E-state index contributed by atoms with van der Waals surface area (Å²) in [5, 5.41) is 3.78. The van der Waals surface area contributed by atoms with Crippen LogP contribution in [-0.4, -0.2) is 9.97 Å². The van der Waals surface area contributed by atoms with Crippen LogP contribution in [0.2, 0.25) is 5.02 Å². The van der Waals surface area contributed by atoms with Gasteiger partial charge in [0.2, 0.25) is 5.95 Å². The predicted molar refractivity (Wildman–Crippen MR) is 61.0 cm³/mol. The minimum absolute atomic E-state index is 0.683. The van der Waals surface area contributed by atoms with Crippen LogP contribution in [0.4, 0.5) is 11.6 Å². The lowest BCUT2D eigenvalue weighted by atomic mass is 10.3. The van der Waals surface area contributed by atoms with Gasteiger partial charge in [-0.05, 0) is 34.1 Å². The first-order chi connectivity index (χ1) is 6.75. The molecular formula is C9H7BrClN3. The number of nitrogens with one attached hydrogen (secondary N) is 2. The molecule has 0 bridgehead atoms. The van der Waals surface area contributed by atoms with Crippen molar-refractivity contribution >= 4 is 39.2 Å². The Morgan fingerprint density at radius 3 is 3.00 bits per heavy atom. The number of hydrogen-bond acceptors (Lipinski definition) is 2. The molecule has 0 fully saturated rings. The Balaban J connectivity index is 2.28. The summed E-state index contributed by atoms with van der Waals surface area (Å²) in [4.78, 5) is 7.00. The van der Waals surface area contributed by atoms with E-state index in [1.807, 2.05) is 18.2 Å². The third-order valence-electron chi connectivity index (χ3n) is 1.68. The van der Waals surface area contributed by atoms with E-state index in [0.717, 1.165) is 10.2 Å². The molecule has 0 saturated heterocycles. The topological polar surface area (TPSA) is 40.7 Å². The molecule has 0 aliphatic carbocycles. The maximum absolute atomic E-state index is 5.87. The first-order valence-electron chi connectivity index (χ1n) is 3.97. The second-order valence-electron chi connectivity index (χ2n) is 2.69. The van der Waals surface area contributed by atoms with Gasteiger partial charge >= 0.3 is 0 Å². The maximum Gasteiger partial charge on any atom is 0.204 e. The quantitative estimate of drug-likeness (QED) is 0.877. The summed E-state index contributed by atoms with van der Waals surface area (Å²) >= 11 is 9.28. The molecule has 0 unspecified atom stereocenters. The largest absolute Gasteiger partial charge is 0.331 e. The van der Waals surface area contributed by atoms with Crippen LogP contribution < -0.4 is 5.32 Å². The van der Waals surface area contributed by atoms with E-state index in [1.54, 1.807) is 12.4 Å². The van der Waals surface area contributed by atoms with Gasteiger partial charge in [0, 0.05) is 21.9 Å². The van der Waals surface area contributed by atoms with Crippen LogP contribution in [0.1, 0.15) is 0 Å². The first-order valence-corrected chi connectivity index (χ1v) is 5.14. The van der Waals surface area contributed by atoms with Crippen molar-refractivity contribution < 1.29 is 0 Å². The van der Waals surface area contributed by atoms with E-state index in [2.05, 4.69) is 31.2 Å². The number of benzene rings is 1. The number of aromatic amines is 1. The first kappa shape index (κ1) is 9.55. The molecule has 0 aliphatic heterocycles. The number of H-pyrrole nitrogens is 1. The Hall–Kier alpha value is -1.00. The third-order valence-corrected chi connectivity index (χ3v) is 2.61. The monoisotopic (exact) mass is 271 g/mol. The van der Waals surface area contributed by atoms with Gasteiger partial charge in [0.15, 0.2) is 0 Å². The Labute approximate surface area is 94.6 Å². The second-order valence-corrected chi connectivity index (χ2v) is 3.98. The number of rotatable bonds is 2. The van der Waals surface area contributed by atoms with E-state index in [-0.39, 0.29) is 0 Å². The number of nitrogens with zero attached hydrogens (tertiary/aromatic N) is 1. The smallest absolute Gasteiger partial charge is 0.204 e. The van der Waals surface area contributed by atoms with Gasteiger partial charge in [-0.3, -0.25) is 0 Å². The highest BCUT2D eigenvalue weighted by Crippen LogP contribution is 2.27. The molecule has 0 amide bonds. The Kier molecular flexibility index (Phi) is 2.74. The van der Waals surface area contributed by atoms with Crippen molar-refractivity contribution in [2.45, 2.75) is 0 Å². The zero-order valence-corrected chi connectivity index (χ0v) is 9.43. The van der Waals surface area contributed by atoms with Gasteiger partial charge in [0.25, 0.3) is 0 Å². The van der Waals surface area contributed by atoms with Crippen LogP contribution in [-0.2, 0) is 0 Å². The number of aromatic nitrogens is 2. The molecule has 5 heteroatoms. The highest BCUT2D eigenvalue weighted by atomic mass is 79.9. The van der Waals surface area contributed by atoms with Crippen LogP contribution in [0.3, 0.4) is 0 Å². The highest BCUT2D eigenvalue weighted by Gasteiger charge is 2.01. The minimum Gasteiger partial charge on any atom is -0.331 e. The minimum atomic E-state index is 0.683. The molecule has 0 aliphatic rings. The van der Waals surface area contributed by atoms with E-state index < -0.39 is 0 Å². The second kappa shape index (κ2) is 4.02. The van der Waals surface area contributed by atoms with Crippen molar-refractivity contribution in [1.82, 2.24) is 9.97 Å². The Morgan fingerprint density at radius 2 is 2.29 bits per heavy atom. The van der Waals surface area contributed by atoms with Crippen molar-refractivity contribution in [2.75, 3.05) is 5.32 Å². The van der Waals surface area contributed by atoms with Crippen LogP contribution >= 0.6 is 27.5 Å². The van der Waals surface area contributed by atoms with Crippen molar-refractivity contribution in [3.63, 3.8) is 0 Å². The van der Waals surface area contributed by atoms with E-state index in [1.165, 1.54) is 0 Å². The third kappa shape index (κ3) is 2.08. The molecule has 72 valence electrons. The van der Waals surface area contributed by atoms with Crippen LogP contribution in [0, 0.1) is 0 Å². The summed E-state index contributed by atoms with van der Waals surface area (Å²) in [5.74, 6) is 0.688. The highest BCUT2D eigenvalue weighted by molar-refractivity contribution is 9.10. The average Bonchev–Trinajstić information content (AvgIpc) is 2.64. The van der Waals surface area contributed by atoms with Gasteiger partial charge in [-0.15, -0.1) is 0 Å². The summed E-state index contributed by atoms with van der Waals surface area (Å²) in [6.07, 6.45) is 3.43. The van der Waals surface area contributed by atoms with E-state index >= 15 is 0 Å². The van der Waals surface area contributed by atoms with E-state index in [9.17, 15) is 0 Å². The zero-order chi connectivity index (χ0) is 9.97. The average molecular weight is 273 g/mol. The number of hydrogen-bond donors (Lipinski definition) is 2. The molecule has 0 saturated carbocycles. The van der Waals surface area contributed by atoms with Gasteiger partial charge in [-0.2, -0.15) is 0 Å². The van der Waals surface area contributed by atoms with Gasteiger partial charge in [0.05, 0.1) is 5.69 Å². The van der Waals surface area contributed by atoms with Crippen LogP contribution in [0.15, 0.2) is 35.1 Å². The molecule has 1 aromatic carbocycles. The summed E-state index contributed by atoms with van der Waals surface area (Å²) in [5.41, 5.74) is 0.882. The van der Waals surface area contributed by atoms with Crippen LogP contribution in [0.25, 0.3) is 0 Å². The lowest BCUT2D eigenvalue weighted by Gasteiger charge is -2.05. The van der Waals surface area contributed by atoms with Gasteiger partial charge in [-0.1, -0.05) is 11.6 Å². The Morgan fingerprint density at radius 1 is 1.43 bits per heavy atom. The van der Waals surface area contributed by atoms with Gasteiger partial charge < -0.3 is 10.3 Å². The zero-order valence-electron chi connectivity index (χ0n) is 7.09. The van der Waals surface area contributed by atoms with Crippen molar-refractivity contribution in [3.05, 3.63) is 40.1 Å². The van der Waals surface area contributed by atoms with E-state index in [4.69, 9.17) is 11.6 Å². The van der Waals surface area contributed by atoms with Crippen molar-refractivity contribution in [1.29, 1.82) is 0 Å². The fourth-order valence-corrected chi connectivity index (χ4v) is 1.57. The summed E-state index contributed by atoms with van der Waals surface area (Å²) in [7, 11) is 0. The molecule has 2 aromatic rings. The lowest BCUT2D eigenvalue weighted by Crippen LogP contribution is -1.92. The normalized spacial score (nSPS) is 10.1. The Bertz CT molecular complexity index is 428. The lowest BCUT2D eigenvalue weighted by molar-refractivity contribution is 1.28. The van der Waals surface area contributed by atoms with E-state index in [0.29, 0.717) is 11.0 Å². The molecule has 2 rings (SSSR count). The molecule has 3 nitrogen and oxygen atoms in total. The SMILES string of the molecule is Clc1ccc(Br)c(Nc2ncc[nH]2)c1. The predicted octanol–water partition coefficient (Wildman–Crippen LogP) is 3.57. The van der Waals surface area contributed by atoms with Gasteiger partial charge in [-0.25, -0.2) is 4.98 Å². The van der Waals surface area contributed by atoms with Crippen molar-refractivity contribution in [3.8, 4) is 0 Å². The summed E-state index contributed by atoms with van der Waals surface area (Å²) in [6.45, 7) is 0. The molecule has 0 atom stereocenters. The number of imidazole rings is 1. The molecule has 0 radical (unpaired) electrons. The molecule has 14 heavy (non-hydrogen) atoms. The molecular weight excluding hydrogens is 265 g/mol. The fraction of sp³-hybridized carbons (Fsp3) is 0. The molecule has 1 aromatic heterocycles. The summed E-state index contributed by atoms with van der Waals surface area (Å²) < 4.78 is 0.943. The van der Waals surface area contributed by atoms with Crippen molar-refractivity contribution in [2.24, 2.45) is 0 Å². The number of halogens is 2. The van der Waals surface area contributed by atoms with Crippen LogP contribution in [0.5, 0.6) is 0 Å².